The molecule has 0 aliphatic carbocycles. The number of anilines is 2. The molecule has 0 fully saturated rings. The highest BCUT2D eigenvalue weighted by Gasteiger charge is 2.23. The van der Waals surface area contributed by atoms with Gasteiger partial charge < -0.3 is 34.3 Å². The van der Waals surface area contributed by atoms with E-state index in [4.69, 9.17) is 24.1 Å². The number of thiazole rings is 2. The fourth-order valence-corrected chi connectivity index (χ4v) is 9.67. The van der Waals surface area contributed by atoms with Crippen molar-refractivity contribution in [3.63, 3.8) is 0 Å². The average Bonchev–Trinajstić information content (AvgIpc) is 3.92. The van der Waals surface area contributed by atoms with Crippen LogP contribution in [0.1, 0.15) is 4.88 Å². The number of aliphatic hydroxyl groups excluding tert-OH is 1. The molecule has 0 amide bonds. The van der Waals surface area contributed by atoms with Crippen LogP contribution in [0.15, 0.2) is 100 Å². The third-order valence-corrected chi connectivity index (χ3v) is 12.8. The van der Waals surface area contributed by atoms with E-state index in [0.29, 0.717) is 40.6 Å². The number of ether oxygens (including phenoxy) is 4. The Hall–Kier alpha value is -6.48. The number of non-ortho nitro benzene ring substituents is 2. The van der Waals surface area contributed by atoms with E-state index in [2.05, 4.69) is 24.7 Å². The molecule has 4 aromatic carbocycles. The van der Waals surface area contributed by atoms with Crippen LogP contribution in [0, 0.1) is 20.2 Å². The molecule has 6 aromatic rings. The highest BCUT2D eigenvalue weighted by molar-refractivity contribution is 7.93. The third-order valence-electron chi connectivity index (χ3n) is 8.12. The minimum Gasteiger partial charge on any atom is -0.493 e. The highest BCUT2D eigenvalue weighted by atomic mass is 32.2. The van der Waals surface area contributed by atoms with E-state index in [1.54, 1.807) is 29.6 Å². The quantitative estimate of drug-likeness (QED) is 0.0589. The summed E-state index contributed by atoms with van der Waals surface area (Å²) in [6.45, 7) is 0.480. The van der Waals surface area contributed by atoms with E-state index in [0.717, 1.165) is 23.3 Å². The Kier molecular flexibility index (Phi) is 20.0. The second kappa shape index (κ2) is 24.5. The maximum atomic E-state index is 13.0. The molecule has 0 atom stereocenters. The van der Waals surface area contributed by atoms with E-state index in [1.807, 2.05) is 33.1 Å². The van der Waals surface area contributed by atoms with Gasteiger partial charge in [0, 0.05) is 71.4 Å². The van der Waals surface area contributed by atoms with Crippen LogP contribution in [-0.4, -0.2) is 110 Å². The van der Waals surface area contributed by atoms with E-state index in [9.17, 15) is 37.1 Å². The summed E-state index contributed by atoms with van der Waals surface area (Å²) in [7, 11) is 6.35. The number of nitro benzene ring substituents is 2. The molecule has 2 heterocycles. The number of hydrogen-bond acceptors (Lipinski definition) is 19. The number of benzene rings is 4. The van der Waals surface area contributed by atoms with Crippen LogP contribution in [0.5, 0.6) is 23.0 Å². The summed E-state index contributed by atoms with van der Waals surface area (Å²) in [4.78, 5) is 32.4. The molecule has 6 rings (SSSR count). The van der Waals surface area contributed by atoms with Gasteiger partial charge in [-0.3, -0.25) is 29.7 Å². The van der Waals surface area contributed by atoms with Crippen molar-refractivity contribution in [3.8, 4) is 45.5 Å². The number of nitrogens with zero attached hydrogens (tertiary/aromatic N) is 5. The Balaban J connectivity index is 0.000000316. The number of aliphatic hydroxyl groups is 1. The summed E-state index contributed by atoms with van der Waals surface area (Å²) in [5.74, 6) is 1.37. The van der Waals surface area contributed by atoms with Crippen molar-refractivity contribution in [1.82, 2.24) is 20.2 Å². The van der Waals surface area contributed by atoms with E-state index in [1.165, 1.54) is 100 Å². The Bertz CT molecular complexity index is 2770. The van der Waals surface area contributed by atoms with Gasteiger partial charge in [-0.05, 0) is 52.5 Å². The number of sulfonamides is 2. The molecule has 4 N–H and O–H groups in total. The lowest BCUT2D eigenvalue weighted by Crippen LogP contribution is -2.13. The number of nitro groups is 2. The van der Waals surface area contributed by atoms with Gasteiger partial charge >= 0.3 is 0 Å². The SMILES string of the molecule is CNC.CO.COc1ccc(S(=O)(=O)Nc2nc(-c3cccc([N+](=O)[O-])c3)c(CN(C)C)s2)cc1OC.COc1ccc(S(=O)(=O)Nc2nc(-c3cccc([N+](=O)[O-])c3)cs2)cc1OC. The van der Waals surface area contributed by atoms with Gasteiger partial charge in [0.25, 0.3) is 31.4 Å². The normalized spacial score (nSPS) is 10.8. The maximum Gasteiger partial charge on any atom is 0.270 e. The number of aromatic nitrogens is 2. The van der Waals surface area contributed by atoms with Crippen LogP contribution in [0.2, 0.25) is 0 Å². The summed E-state index contributed by atoms with van der Waals surface area (Å²) in [6, 6.07) is 20.5. The van der Waals surface area contributed by atoms with Crippen molar-refractivity contribution < 1.29 is 50.7 Å². The molecule has 21 nitrogen and oxygen atoms in total. The maximum absolute atomic E-state index is 13.0. The molecular formula is C40H48N8O13S4. The first-order chi connectivity index (χ1) is 30.9. The topological polar surface area (TPSA) is 277 Å². The van der Waals surface area contributed by atoms with Gasteiger partial charge in [0.1, 0.15) is 0 Å². The summed E-state index contributed by atoms with van der Waals surface area (Å²) >= 11 is 2.24. The first-order valence-electron chi connectivity index (χ1n) is 18.5. The second-order valence-electron chi connectivity index (χ2n) is 12.9. The fourth-order valence-electron chi connectivity index (χ4n) is 5.33. The lowest BCUT2D eigenvalue weighted by atomic mass is 10.1. The molecule has 2 aromatic heterocycles. The van der Waals surface area contributed by atoms with Gasteiger partial charge in [-0.1, -0.05) is 35.6 Å². The molecule has 0 saturated carbocycles. The summed E-state index contributed by atoms with van der Waals surface area (Å²) in [6.07, 6.45) is 0. The van der Waals surface area contributed by atoms with Gasteiger partial charge in [0.05, 0.1) is 59.5 Å². The van der Waals surface area contributed by atoms with E-state index >= 15 is 0 Å². The number of methoxy groups -OCH3 is 4. The minimum atomic E-state index is -3.97. The number of hydrogen-bond donors (Lipinski definition) is 4. The summed E-state index contributed by atoms with van der Waals surface area (Å²) < 4.78 is 76.6. The van der Waals surface area contributed by atoms with Crippen LogP contribution < -0.4 is 33.7 Å². The number of rotatable bonds is 16. The van der Waals surface area contributed by atoms with Gasteiger partial charge in [-0.2, -0.15) is 0 Å². The predicted molar refractivity (Wildman–Crippen MR) is 250 cm³/mol. The molecule has 0 saturated heterocycles. The standard InChI is InChI=1S/C20H22N4O6S2.C17H15N3O6S2.C2H7N.CH4O/c1-23(2)12-18-19(13-6-5-7-14(10-13)24(25)26)21-20(31-18)22-32(27,28)15-8-9-16(29-3)17(11-15)30-4;1-25-15-7-6-13(9-16(15)26-2)28(23,24)19-17-18-14(10-27-17)11-4-3-5-12(8-11)20(21)22;1-3-2;1-2/h5-11H,12H2,1-4H3,(H,21,22);3-10H,1-2H3,(H,18,19);3H,1-2H3;2H,1H3. The van der Waals surface area contributed by atoms with Crippen molar-refractivity contribution in [2.45, 2.75) is 16.3 Å². The Morgan fingerprint density at radius 2 is 1.11 bits per heavy atom. The summed E-state index contributed by atoms with van der Waals surface area (Å²) in [5.41, 5.74) is 1.82. The van der Waals surface area contributed by atoms with Crippen molar-refractivity contribution in [1.29, 1.82) is 0 Å². The van der Waals surface area contributed by atoms with Crippen LogP contribution in [-0.2, 0) is 26.6 Å². The first-order valence-corrected chi connectivity index (χ1v) is 23.2. The number of nitrogens with one attached hydrogen (secondary N) is 3. The first kappa shape index (κ1) is 52.9. The van der Waals surface area contributed by atoms with Crippen LogP contribution in [0.4, 0.5) is 21.6 Å². The van der Waals surface area contributed by atoms with Gasteiger partial charge in [0.2, 0.25) is 0 Å². The van der Waals surface area contributed by atoms with E-state index < -0.39 is 29.9 Å². The molecule has 0 bridgehead atoms. The summed E-state index contributed by atoms with van der Waals surface area (Å²) in [5, 5.41) is 33.7. The van der Waals surface area contributed by atoms with Gasteiger partial charge in [-0.25, -0.2) is 26.8 Å². The highest BCUT2D eigenvalue weighted by Crippen LogP contribution is 2.36. The molecule has 0 aliphatic heterocycles. The molecule has 0 unspecified atom stereocenters. The monoisotopic (exact) mass is 976 g/mol. The Morgan fingerprint density at radius 3 is 1.55 bits per heavy atom. The second-order valence-corrected chi connectivity index (χ2v) is 18.2. The molecule has 25 heteroatoms. The van der Waals surface area contributed by atoms with E-state index in [-0.39, 0.29) is 42.9 Å². The fraction of sp³-hybridized carbons (Fsp3) is 0.250. The van der Waals surface area contributed by atoms with Crippen LogP contribution >= 0.6 is 22.7 Å². The molecule has 0 aliphatic rings. The Labute approximate surface area is 384 Å². The molecule has 65 heavy (non-hydrogen) atoms. The van der Waals surface area contributed by atoms with Gasteiger partial charge in [0.15, 0.2) is 33.3 Å². The average molecular weight is 977 g/mol. The zero-order valence-electron chi connectivity index (χ0n) is 36.6. The zero-order valence-corrected chi connectivity index (χ0v) is 39.8. The smallest absolute Gasteiger partial charge is 0.270 e. The van der Waals surface area contributed by atoms with Crippen LogP contribution in [0.25, 0.3) is 22.5 Å². The van der Waals surface area contributed by atoms with Crippen molar-refractivity contribution in [3.05, 3.63) is 115 Å². The van der Waals surface area contributed by atoms with Crippen LogP contribution in [0.3, 0.4) is 0 Å². The largest absolute Gasteiger partial charge is 0.493 e. The molecule has 350 valence electrons. The molecule has 0 spiro atoms. The molecule has 0 radical (unpaired) electrons. The lowest BCUT2D eigenvalue weighted by molar-refractivity contribution is -0.385. The minimum absolute atomic E-state index is 0.0164. The van der Waals surface area contributed by atoms with Crippen molar-refractivity contribution in [2.24, 2.45) is 0 Å². The third kappa shape index (κ3) is 14.5. The zero-order chi connectivity index (χ0) is 48.5. The van der Waals surface area contributed by atoms with Crippen molar-refractivity contribution in [2.75, 3.05) is 73.2 Å². The molecular weight excluding hydrogens is 929 g/mol. The predicted octanol–water partition coefficient (Wildman–Crippen LogP) is 6.58. The van der Waals surface area contributed by atoms with Gasteiger partial charge in [-0.15, -0.1) is 11.3 Å². The Morgan fingerprint density at radius 1 is 0.662 bits per heavy atom. The lowest BCUT2D eigenvalue weighted by Gasteiger charge is -2.10. The van der Waals surface area contributed by atoms with Crippen molar-refractivity contribution >= 4 is 64.4 Å².